The van der Waals surface area contributed by atoms with E-state index in [-0.39, 0.29) is 41.4 Å². The van der Waals surface area contributed by atoms with E-state index in [4.69, 9.17) is 0 Å². The van der Waals surface area contributed by atoms with Crippen LogP contribution in [0.1, 0.15) is 32.1 Å². The minimum atomic E-state index is -0.115. The Balaban J connectivity index is 1.28. The van der Waals surface area contributed by atoms with Gasteiger partial charge < -0.3 is 5.32 Å². The second-order valence-corrected chi connectivity index (χ2v) is 7.06. The highest BCUT2D eigenvalue weighted by molar-refractivity contribution is 6.06. The van der Waals surface area contributed by atoms with Gasteiger partial charge in [-0.15, -0.1) is 0 Å². The first-order valence-corrected chi connectivity index (χ1v) is 8.67. The molecule has 1 saturated heterocycles. The van der Waals surface area contributed by atoms with Crippen molar-refractivity contribution in [2.24, 2.45) is 23.7 Å². The fourth-order valence-electron chi connectivity index (χ4n) is 4.61. The summed E-state index contributed by atoms with van der Waals surface area (Å²) in [6, 6.07) is 0. The molecule has 5 nitrogen and oxygen atoms in total. The van der Waals surface area contributed by atoms with Crippen LogP contribution in [0, 0.1) is 23.7 Å². The zero-order valence-corrected chi connectivity index (χ0v) is 13.2. The number of allylic oxidation sites excluding steroid dienone is 3. The van der Waals surface area contributed by atoms with Gasteiger partial charge in [0.05, 0.1) is 11.8 Å². The normalized spacial score (nSPS) is 34.3. The molecule has 0 spiro atoms. The molecule has 1 saturated carbocycles. The van der Waals surface area contributed by atoms with Crippen LogP contribution in [-0.4, -0.2) is 35.7 Å². The Morgan fingerprint density at radius 2 is 1.87 bits per heavy atom. The third-order valence-electron chi connectivity index (χ3n) is 5.74. The standard InChI is InChI=1S/C18H22N2O3/c21-16(11-4-1-2-5-11)19-8-3-9-20-17(22)14-12-6-7-13(10-12)15(14)18(20)23/h4,6-7,12-15H,1-3,5,8-10H2,(H,19,21)/t12-,13-,14+,15+/m0/s1. The third-order valence-corrected chi connectivity index (χ3v) is 5.74. The van der Waals surface area contributed by atoms with Crippen LogP contribution in [-0.2, 0) is 14.4 Å². The number of fused-ring (bicyclic) bond motifs is 5. The lowest BCUT2D eigenvalue weighted by atomic mass is 9.85. The molecule has 2 fully saturated rings. The van der Waals surface area contributed by atoms with Crippen molar-refractivity contribution >= 4 is 17.7 Å². The average molecular weight is 314 g/mol. The zero-order valence-electron chi connectivity index (χ0n) is 13.2. The van der Waals surface area contributed by atoms with Crippen LogP contribution in [0.2, 0.25) is 0 Å². The van der Waals surface area contributed by atoms with E-state index >= 15 is 0 Å². The molecule has 0 radical (unpaired) electrons. The molecule has 5 heteroatoms. The van der Waals surface area contributed by atoms with Crippen molar-refractivity contribution in [2.75, 3.05) is 13.1 Å². The van der Waals surface area contributed by atoms with Gasteiger partial charge in [-0.05, 0) is 43.9 Å². The van der Waals surface area contributed by atoms with Gasteiger partial charge in [0.1, 0.15) is 0 Å². The molecule has 0 aromatic rings. The first kappa shape index (κ1) is 14.7. The van der Waals surface area contributed by atoms with Crippen LogP contribution in [0.15, 0.2) is 23.8 Å². The van der Waals surface area contributed by atoms with E-state index in [2.05, 4.69) is 17.5 Å². The molecule has 4 rings (SSSR count). The van der Waals surface area contributed by atoms with E-state index in [0.717, 1.165) is 31.3 Å². The molecule has 4 aliphatic rings. The van der Waals surface area contributed by atoms with Gasteiger partial charge in [-0.1, -0.05) is 18.2 Å². The molecule has 1 heterocycles. The summed E-state index contributed by atoms with van der Waals surface area (Å²) in [6.07, 6.45) is 10.7. The highest BCUT2D eigenvalue weighted by Gasteiger charge is 2.58. The lowest BCUT2D eigenvalue weighted by Gasteiger charge is -2.17. The van der Waals surface area contributed by atoms with Gasteiger partial charge in [0, 0.05) is 18.7 Å². The molecule has 1 aliphatic heterocycles. The van der Waals surface area contributed by atoms with Gasteiger partial charge in [0.2, 0.25) is 17.7 Å². The Morgan fingerprint density at radius 3 is 2.48 bits per heavy atom. The lowest BCUT2D eigenvalue weighted by molar-refractivity contribution is -0.140. The maximum absolute atomic E-state index is 12.5. The second kappa shape index (κ2) is 5.62. The highest BCUT2D eigenvalue weighted by atomic mass is 16.2. The predicted octanol–water partition coefficient (Wildman–Crippen LogP) is 1.41. The van der Waals surface area contributed by atoms with Crippen molar-refractivity contribution in [1.82, 2.24) is 10.2 Å². The monoisotopic (exact) mass is 314 g/mol. The number of carbonyl (C=O) groups excluding carboxylic acids is 3. The van der Waals surface area contributed by atoms with Gasteiger partial charge in [0.15, 0.2) is 0 Å². The SMILES string of the molecule is O=C(NCCCN1C(=O)[C@H]2[C@H](C1=O)[C@H]1C=C[C@H]2C1)C1=CCCC1. The summed E-state index contributed by atoms with van der Waals surface area (Å²) in [5.41, 5.74) is 0.871. The molecule has 3 aliphatic carbocycles. The number of rotatable bonds is 5. The topological polar surface area (TPSA) is 66.5 Å². The summed E-state index contributed by atoms with van der Waals surface area (Å²) in [5.74, 6) is 0.302. The van der Waals surface area contributed by atoms with Gasteiger partial charge in [-0.25, -0.2) is 0 Å². The first-order valence-electron chi connectivity index (χ1n) is 8.67. The van der Waals surface area contributed by atoms with E-state index in [1.807, 2.05) is 6.08 Å². The quantitative estimate of drug-likeness (QED) is 0.474. The molecule has 2 bridgehead atoms. The Bertz CT molecular complexity index is 592. The number of carbonyl (C=O) groups is 3. The van der Waals surface area contributed by atoms with Crippen molar-refractivity contribution < 1.29 is 14.4 Å². The number of hydrogen-bond donors (Lipinski definition) is 1. The maximum Gasteiger partial charge on any atom is 0.246 e. The van der Waals surface area contributed by atoms with Crippen molar-refractivity contribution in [3.05, 3.63) is 23.8 Å². The Hall–Kier alpha value is -1.91. The molecule has 0 unspecified atom stereocenters. The molecule has 0 aromatic carbocycles. The second-order valence-electron chi connectivity index (χ2n) is 7.06. The lowest BCUT2D eigenvalue weighted by Crippen LogP contribution is -2.36. The number of nitrogens with one attached hydrogen (secondary N) is 1. The Labute approximate surface area is 135 Å². The van der Waals surface area contributed by atoms with Crippen molar-refractivity contribution in [3.8, 4) is 0 Å². The zero-order chi connectivity index (χ0) is 16.0. The molecular weight excluding hydrogens is 292 g/mol. The van der Waals surface area contributed by atoms with E-state index in [1.165, 1.54) is 4.90 Å². The summed E-state index contributed by atoms with van der Waals surface area (Å²) in [4.78, 5) is 38.3. The summed E-state index contributed by atoms with van der Waals surface area (Å²) >= 11 is 0. The van der Waals surface area contributed by atoms with Crippen molar-refractivity contribution in [1.29, 1.82) is 0 Å². The molecule has 3 amide bonds. The highest BCUT2D eigenvalue weighted by Crippen LogP contribution is 2.52. The Kier molecular flexibility index (Phi) is 3.58. The summed E-state index contributed by atoms with van der Waals surface area (Å²) in [5, 5.41) is 2.89. The van der Waals surface area contributed by atoms with Gasteiger partial charge in [-0.3, -0.25) is 19.3 Å². The van der Waals surface area contributed by atoms with Crippen LogP contribution in [0.4, 0.5) is 0 Å². The van der Waals surface area contributed by atoms with Crippen LogP contribution < -0.4 is 5.32 Å². The summed E-state index contributed by atoms with van der Waals surface area (Å²) in [7, 11) is 0. The number of likely N-dealkylation sites (tertiary alicyclic amines) is 1. The van der Waals surface area contributed by atoms with Crippen LogP contribution >= 0.6 is 0 Å². The van der Waals surface area contributed by atoms with Crippen LogP contribution in [0.5, 0.6) is 0 Å². The molecule has 4 atom stereocenters. The van der Waals surface area contributed by atoms with E-state index in [0.29, 0.717) is 19.5 Å². The maximum atomic E-state index is 12.5. The molecule has 0 aromatic heterocycles. The van der Waals surface area contributed by atoms with E-state index < -0.39 is 0 Å². The molecule has 1 N–H and O–H groups in total. The minimum Gasteiger partial charge on any atom is -0.352 e. The van der Waals surface area contributed by atoms with Gasteiger partial charge >= 0.3 is 0 Å². The average Bonchev–Trinajstić information content (AvgIpc) is 3.30. The van der Waals surface area contributed by atoms with Crippen LogP contribution in [0.25, 0.3) is 0 Å². The summed E-state index contributed by atoms with van der Waals surface area (Å²) in [6.45, 7) is 0.928. The molecule has 122 valence electrons. The fourth-order valence-corrected chi connectivity index (χ4v) is 4.61. The van der Waals surface area contributed by atoms with Crippen LogP contribution in [0.3, 0.4) is 0 Å². The fraction of sp³-hybridized carbons (Fsp3) is 0.611. The Morgan fingerprint density at radius 1 is 1.17 bits per heavy atom. The number of amides is 3. The van der Waals surface area contributed by atoms with Gasteiger partial charge in [0.25, 0.3) is 0 Å². The van der Waals surface area contributed by atoms with Gasteiger partial charge in [-0.2, -0.15) is 0 Å². The minimum absolute atomic E-state index is 0.000638. The number of imide groups is 1. The first-order chi connectivity index (χ1) is 11.2. The molecule has 23 heavy (non-hydrogen) atoms. The predicted molar refractivity (Wildman–Crippen MR) is 84.0 cm³/mol. The smallest absolute Gasteiger partial charge is 0.246 e. The third kappa shape index (κ3) is 2.33. The van der Waals surface area contributed by atoms with E-state index in [1.54, 1.807) is 0 Å². The van der Waals surface area contributed by atoms with E-state index in [9.17, 15) is 14.4 Å². The van der Waals surface area contributed by atoms with Crippen molar-refractivity contribution in [2.45, 2.75) is 32.1 Å². The number of hydrogen-bond acceptors (Lipinski definition) is 3. The van der Waals surface area contributed by atoms with Crippen molar-refractivity contribution in [3.63, 3.8) is 0 Å². The molecular formula is C18H22N2O3. The largest absolute Gasteiger partial charge is 0.352 e. The summed E-state index contributed by atoms with van der Waals surface area (Å²) < 4.78 is 0. The number of nitrogens with zero attached hydrogens (tertiary/aromatic N) is 1.